The van der Waals surface area contributed by atoms with Gasteiger partial charge in [-0.25, -0.2) is 9.97 Å². The molecule has 0 saturated carbocycles. The van der Waals surface area contributed by atoms with Gasteiger partial charge in [0.05, 0.1) is 19.9 Å². The third-order valence-corrected chi connectivity index (χ3v) is 3.89. The molecule has 0 aliphatic carbocycles. The Balaban J connectivity index is 1.78. The lowest BCUT2D eigenvalue weighted by atomic mass is 10.2. The molecule has 7 nitrogen and oxygen atoms in total. The Morgan fingerprint density at radius 1 is 1.04 bits per heavy atom. The number of nitrogens with zero attached hydrogens (tertiary/aromatic N) is 2. The van der Waals surface area contributed by atoms with E-state index in [1.165, 1.54) is 6.33 Å². The van der Waals surface area contributed by atoms with E-state index in [0.29, 0.717) is 33.7 Å². The number of rotatable bonds is 6. The lowest BCUT2D eigenvalue weighted by Crippen LogP contribution is -2.14. The maximum atomic E-state index is 12.4. The zero-order valence-corrected chi connectivity index (χ0v) is 15.4. The first kappa shape index (κ1) is 18.5. The predicted molar refractivity (Wildman–Crippen MR) is 104 cm³/mol. The standard InChI is InChI=1S/C19H17ClN4O3/c1-26-14-6-7-15(17(9-14)27-2)24-18-10-16(21-11-22-18)19(25)23-13-5-3-4-12(20)8-13/h3-11H,1-2H3,(H,23,25)(H,21,22,24). The smallest absolute Gasteiger partial charge is 0.274 e. The van der Waals surface area contributed by atoms with E-state index in [2.05, 4.69) is 20.6 Å². The Labute approximate surface area is 161 Å². The molecule has 2 N–H and O–H groups in total. The van der Waals surface area contributed by atoms with E-state index in [4.69, 9.17) is 21.1 Å². The third-order valence-electron chi connectivity index (χ3n) is 3.65. The number of benzene rings is 2. The molecule has 3 rings (SSSR count). The van der Waals surface area contributed by atoms with Gasteiger partial charge in [-0.3, -0.25) is 4.79 Å². The van der Waals surface area contributed by atoms with E-state index in [1.54, 1.807) is 62.8 Å². The van der Waals surface area contributed by atoms with Crippen LogP contribution in [0.3, 0.4) is 0 Å². The number of aromatic nitrogens is 2. The summed E-state index contributed by atoms with van der Waals surface area (Å²) >= 11 is 5.93. The van der Waals surface area contributed by atoms with Crippen molar-refractivity contribution >= 4 is 34.7 Å². The molecule has 2 aromatic carbocycles. The van der Waals surface area contributed by atoms with E-state index < -0.39 is 0 Å². The molecule has 0 unspecified atom stereocenters. The van der Waals surface area contributed by atoms with Gasteiger partial charge in [0.1, 0.15) is 29.3 Å². The Hall–Kier alpha value is -3.32. The maximum Gasteiger partial charge on any atom is 0.274 e. The van der Waals surface area contributed by atoms with Gasteiger partial charge in [-0.05, 0) is 30.3 Å². The second kappa shape index (κ2) is 8.37. The highest BCUT2D eigenvalue weighted by atomic mass is 35.5. The van der Waals surface area contributed by atoms with Crippen LogP contribution in [0.2, 0.25) is 5.02 Å². The Bertz CT molecular complexity index is 965. The summed E-state index contributed by atoms with van der Waals surface area (Å²) in [5.74, 6) is 1.33. The summed E-state index contributed by atoms with van der Waals surface area (Å²) in [6.07, 6.45) is 1.31. The fourth-order valence-electron chi connectivity index (χ4n) is 2.35. The average molecular weight is 385 g/mol. The van der Waals surface area contributed by atoms with Crippen molar-refractivity contribution in [1.82, 2.24) is 9.97 Å². The van der Waals surface area contributed by atoms with E-state index in [0.717, 1.165) is 0 Å². The summed E-state index contributed by atoms with van der Waals surface area (Å²) in [6, 6.07) is 13.8. The quantitative estimate of drug-likeness (QED) is 0.664. The van der Waals surface area contributed by atoms with Gasteiger partial charge < -0.3 is 20.1 Å². The highest BCUT2D eigenvalue weighted by Crippen LogP contribution is 2.31. The molecule has 3 aromatic rings. The van der Waals surface area contributed by atoms with E-state index in [-0.39, 0.29) is 11.6 Å². The van der Waals surface area contributed by atoms with Crippen LogP contribution in [0.1, 0.15) is 10.5 Å². The van der Waals surface area contributed by atoms with Crippen molar-refractivity contribution in [2.24, 2.45) is 0 Å². The van der Waals surface area contributed by atoms with Crippen molar-refractivity contribution in [2.75, 3.05) is 24.9 Å². The predicted octanol–water partition coefficient (Wildman–Crippen LogP) is 4.14. The van der Waals surface area contributed by atoms with Crippen LogP contribution >= 0.6 is 11.6 Å². The van der Waals surface area contributed by atoms with Gasteiger partial charge in [-0.1, -0.05) is 17.7 Å². The highest BCUT2D eigenvalue weighted by molar-refractivity contribution is 6.30. The molecule has 1 amide bonds. The molecule has 138 valence electrons. The zero-order chi connectivity index (χ0) is 19.2. The molecule has 27 heavy (non-hydrogen) atoms. The molecule has 0 fully saturated rings. The number of methoxy groups -OCH3 is 2. The van der Waals surface area contributed by atoms with E-state index >= 15 is 0 Å². The highest BCUT2D eigenvalue weighted by Gasteiger charge is 2.11. The SMILES string of the molecule is COc1ccc(Nc2cc(C(=O)Nc3cccc(Cl)c3)ncn2)c(OC)c1. The molecule has 1 heterocycles. The van der Waals surface area contributed by atoms with Crippen molar-refractivity contribution in [3.05, 3.63) is 65.6 Å². The normalized spacial score (nSPS) is 10.2. The molecule has 0 radical (unpaired) electrons. The number of carbonyl (C=O) groups excluding carboxylic acids is 1. The Kier molecular flexibility index (Phi) is 5.73. The molecule has 0 bridgehead atoms. The van der Waals surface area contributed by atoms with Crippen molar-refractivity contribution in [2.45, 2.75) is 0 Å². The van der Waals surface area contributed by atoms with Crippen molar-refractivity contribution in [3.63, 3.8) is 0 Å². The number of anilines is 3. The number of nitrogens with one attached hydrogen (secondary N) is 2. The van der Waals surface area contributed by atoms with Crippen LogP contribution in [0.25, 0.3) is 0 Å². The van der Waals surface area contributed by atoms with Gasteiger partial charge in [0.25, 0.3) is 5.91 Å². The minimum atomic E-state index is -0.371. The van der Waals surface area contributed by atoms with Crippen LogP contribution in [-0.2, 0) is 0 Å². The van der Waals surface area contributed by atoms with Crippen molar-refractivity contribution < 1.29 is 14.3 Å². The zero-order valence-electron chi connectivity index (χ0n) is 14.7. The lowest BCUT2D eigenvalue weighted by Gasteiger charge is -2.12. The fraction of sp³-hybridized carbons (Fsp3) is 0.105. The Morgan fingerprint density at radius 3 is 2.63 bits per heavy atom. The van der Waals surface area contributed by atoms with Gasteiger partial charge in [-0.15, -0.1) is 0 Å². The van der Waals surface area contributed by atoms with Gasteiger partial charge in [-0.2, -0.15) is 0 Å². The summed E-state index contributed by atoms with van der Waals surface area (Å²) in [5, 5.41) is 6.39. The van der Waals surface area contributed by atoms with Crippen LogP contribution in [0, 0.1) is 0 Å². The maximum absolute atomic E-state index is 12.4. The summed E-state index contributed by atoms with van der Waals surface area (Å²) in [6.45, 7) is 0. The lowest BCUT2D eigenvalue weighted by molar-refractivity contribution is 0.102. The largest absolute Gasteiger partial charge is 0.497 e. The molecular formula is C19H17ClN4O3. The monoisotopic (exact) mass is 384 g/mol. The first-order chi connectivity index (χ1) is 13.1. The molecule has 0 atom stereocenters. The molecular weight excluding hydrogens is 368 g/mol. The average Bonchev–Trinajstić information content (AvgIpc) is 2.68. The van der Waals surface area contributed by atoms with Gasteiger partial charge >= 0.3 is 0 Å². The number of halogens is 1. The molecule has 1 aromatic heterocycles. The first-order valence-corrected chi connectivity index (χ1v) is 8.35. The second-order valence-electron chi connectivity index (χ2n) is 5.44. The Morgan fingerprint density at radius 2 is 1.89 bits per heavy atom. The first-order valence-electron chi connectivity index (χ1n) is 7.97. The number of carbonyl (C=O) groups is 1. The van der Waals surface area contributed by atoms with Gasteiger partial charge in [0.15, 0.2) is 0 Å². The second-order valence-corrected chi connectivity index (χ2v) is 5.88. The third kappa shape index (κ3) is 4.65. The van der Waals surface area contributed by atoms with Crippen LogP contribution in [0.5, 0.6) is 11.5 Å². The minimum absolute atomic E-state index is 0.208. The molecule has 0 spiro atoms. The molecule has 0 saturated heterocycles. The van der Waals surface area contributed by atoms with E-state index in [9.17, 15) is 4.79 Å². The van der Waals surface area contributed by atoms with E-state index in [1.807, 2.05) is 0 Å². The number of hydrogen-bond donors (Lipinski definition) is 2. The minimum Gasteiger partial charge on any atom is -0.497 e. The van der Waals surface area contributed by atoms with Gasteiger partial charge in [0.2, 0.25) is 0 Å². The molecule has 0 aliphatic rings. The molecule has 8 heteroatoms. The van der Waals surface area contributed by atoms with Crippen molar-refractivity contribution in [1.29, 1.82) is 0 Å². The van der Waals surface area contributed by atoms with Crippen LogP contribution in [0.15, 0.2) is 54.9 Å². The van der Waals surface area contributed by atoms with Crippen LogP contribution < -0.4 is 20.1 Å². The fourth-order valence-corrected chi connectivity index (χ4v) is 2.54. The summed E-state index contributed by atoms with van der Waals surface area (Å²) in [4.78, 5) is 20.6. The van der Waals surface area contributed by atoms with Crippen molar-refractivity contribution in [3.8, 4) is 11.5 Å². The summed E-state index contributed by atoms with van der Waals surface area (Å²) in [7, 11) is 3.14. The number of amides is 1. The topological polar surface area (TPSA) is 85.4 Å². The van der Waals surface area contributed by atoms with Crippen LogP contribution in [-0.4, -0.2) is 30.1 Å². The number of hydrogen-bond acceptors (Lipinski definition) is 6. The molecule has 0 aliphatic heterocycles. The van der Waals surface area contributed by atoms with Gasteiger partial charge in [0, 0.05) is 22.8 Å². The summed E-state index contributed by atoms with van der Waals surface area (Å²) < 4.78 is 10.5. The van der Waals surface area contributed by atoms with Crippen LogP contribution in [0.4, 0.5) is 17.2 Å². The number of ether oxygens (including phenoxy) is 2. The summed E-state index contributed by atoms with van der Waals surface area (Å²) in [5.41, 5.74) is 1.47.